The molecule has 0 radical (unpaired) electrons. The van der Waals surface area contributed by atoms with Gasteiger partial charge in [0.05, 0.1) is 22.2 Å². The van der Waals surface area contributed by atoms with Crippen LogP contribution in [0.3, 0.4) is 0 Å². The molecule has 2 aliphatic rings. The molecule has 0 heterocycles. The van der Waals surface area contributed by atoms with Crippen molar-refractivity contribution >= 4 is 66.4 Å². The van der Waals surface area contributed by atoms with E-state index in [9.17, 15) is 0 Å². The highest BCUT2D eigenvalue weighted by atomic mass is 15.1. The average molecular weight is 1070 g/mol. The Balaban J connectivity index is 0.903. The SMILES string of the molecule is Cc1ccc2c(c1)C(c1ccccc1)(c1cccc(N(c3ccccc3)c3ccc4ccc5c(N(c6ccccc6)c6cccc(C7(c8ccccc8)c8cc(C)ccc8-c8ccc(C)cc87)c6)ccc6ccc3c4c65)c1)c1cc(C)ccc1-2. The minimum atomic E-state index is -0.558. The summed E-state index contributed by atoms with van der Waals surface area (Å²) < 4.78 is 0. The largest absolute Gasteiger partial charge is 0.310 e. The van der Waals surface area contributed by atoms with Gasteiger partial charge >= 0.3 is 0 Å². The van der Waals surface area contributed by atoms with Gasteiger partial charge in [-0.05, 0) is 177 Å². The molecule has 2 nitrogen and oxygen atoms in total. The highest BCUT2D eigenvalue weighted by molar-refractivity contribution is 6.28. The van der Waals surface area contributed by atoms with Crippen LogP contribution in [-0.2, 0) is 10.8 Å². The second kappa shape index (κ2) is 19.2. The van der Waals surface area contributed by atoms with Crippen molar-refractivity contribution in [3.8, 4) is 22.3 Å². The Labute approximate surface area is 492 Å². The van der Waals surface area contributed by atoms with Gasteiger partial charge in [-0.2, -0.15) is 0 Å². The molecule has 0 spiro atoms. The van der Waals surface area contributed by atoms with E-state index in [4.69, 9.17) is 0 Å². The van der Waals surface area contributed by atoms with Crippen molar-refractivity contribution < 1.29 is 0 Å². The number of anilines is 6. The highest BCUT2D eigenvalue weighted by Crippen LogP contribution is 2.60. The van der Waals surface area contributed by atoms with Gasteiger partial charge in [0.1, 0.15) is 0 Å². The average Bonchev–Trinajstić information content (AvgIpc) is 1.55. The quantitative estimate of drug-likeness (QED) is 0.126. The van der Waals surface area contributed by atoms with Crippen molar-refractivity contribution in [1.82, 2.24) is 0 Å². The lowest BCUT2D eigenvalue weighted by Crippen LogP contribution is -2.29. The number of benzene rings is 14. The van der Waals surface area contributed by atoms with E-state index < -0.39 is 10.8 Å². The summed E-state index contributed by atoms with van der Waals surface area (Å²) in [6.07, 6.45) is 0. The molecule has 2 aliphatic carbocycles. The lowest BCUT2D eigenvalue weighted by Gasteiger charge is -2.36. The minimum absolute atomic E-state index is 0.558. The van der Waals surface area contributed by atoms with Gasteiger partial charge in [-0.15, -0.1) is 0 Å². The van der Waals surface area contributed by atoms with Crippen LogP contribution < -0.4 is 9.80 Å². The second-order valence-corrected chi connectivity index (χ2v) is 23.5. The molecular weight excluding hydrogens is 1010 g/mol. The van der Waals surface area contributed by atoms with Gasteiger partial charge in [-0.25, -0.2) is 0 Å². The normalized spacial score (nSPS) is 13.4. The molecule has 0 atom stereocenters. The topological polar surface area (TPSA) is 6.48 Å². The van der Waals surface area contributed by atoms with Crippen molar-refractivity contribution in [2.24, 2.45) is 0 Å². The molecule has 0 aliphatic heterocycles. The standard InChI is InChI=1S/C82H60N2/c1-53-31-39-67-68-40-32-54(2)48-74(68)81(73(67)47-53,59-19-9-5-10-20-59)61-23-17-29-65(51-61)83(63-25-13-7-14-26-63)77-45-37-57-36-44-72-78(46-38-58-35-43-71(77)79(57)80(58)72)84(64-27-15-8-16-28-64)66-30-18-24-62(52-66)82(60-21-11-6-12-22-60)75-49-55(3)33-41-69(75)70-42-34-56(4)50-76(70)82/h5-52H,1-4H3. The van der Waals surface area contributed by atoms with Crippen LogP contribution in [0.4, 0.5) is 34.1 Å². The Morgan fingerprint density at radius 2 is 0.536 bits per heavy atom. The number of fused-ring (bicyclic) bond motifs is 6. The first-order valence-corrected chi connectivity index (χ1v) is 29.5. The lowest BCUT2D eigenvalue weighted by atomic mass is 9.67. The predicted molar refractivity (Wildman–Crippen MR) is 353 cm³/mol. The Morgan fingerprint density at radius 3 is 0.881 bits per heavy atom. The summed E-state index contributed by atoms with van der Waals surface area (Å²) >= 11 is 0. The third-order valence-corrected chi connectivity index (χ3v) is 18.5. The lowest BCUT2D eigenvalue weighted by molar-refractivity contribution is 0.766. The van der Waals surface area contributed by atoms with E-state index >= 15 is 0 Å². The maximum Gasteiger partial charge on any atom is 0.0714 e. The van der Waals surface area contributed by atoms with Gasteiger partial charge in [-0.3, -0.25) is 0 Å². The third kappa shape index (κ3) is 7.30. The van der Waals surface area contributed by atoms with Gasteiger partial charge in [0.2, 0.25) is 0 Å². The molecule has 14 aromatic carbocycles. The van der Waals surface area contributed by atoms with E-state index in [0.29, 0.717) is 0 Å². The first-order chi connectivity index (χ1) is 41.3. The summed E-state index contributed by atoms with van der Waals surface area (Å²) in [5.74, 6) is 0. The third-order valence-electron chi connectivity index (χ3n) is 18.5. The van der Waals surface area contributed by atoms with Crippen molar-refractivity contribution in [2.75, 3.05) is 9.80 Å². The molecule has 398 valence electrons. The maximum absolute atomic E-state index is 2.49. The zero-order valence-electron chi connectivity index (χ0n) is 47.6. The molecule has 0 unspecified atom stereocenters. The fraction of sp³-hybridized carbons (Fsp3) is 0.0732. The number of rotatable bonds is 10. The smallest absolute Gasteiger partial charge is 0.0714 e. The van der Waals surface area contributed by atoms with Crippen LogP contribution >= 0.6 is 0 Å². The van der Waals surface area contributed by atoms with E-state index in [2.05, 4.69) is 329 Å². The van der Waals surface area contributed by atoms with E-state index in [1.165, 1.54) is 121 Å². The molecule has 0 N–H and O–H groups in total. The fourth-order valence-electron chi connectivity index (χ4n) is 15.0. The van der Waals surface area contributed by atoms with E-state index in [0.717, 1.165) is 34.1 Å². The highest BCUT2D eigenvalue weighted by Gasteiger charge is 2.48. The van der Waals surface area contributed by atoms with Gasteiger partial charge in [0.25, 0.3) is 0 Å². The van der Waals surface area contributed by atoms with Crippen LogP contribution in [0.2, 0.25) is 0 Å². The van der Waals surface area contributed by atoms with E-state index in [-0.39, 0.29) is 0 Å². The number of para-hydroxylation sites is 2. The number of aryl methyl sites for hydroxylation is 4. The monoisotopic (exact) mass is 1070 g/mol. The molecule has 0 saturated carbocycles. The molecule has 2 heteroatoms. The Kier molecular flexibility index (Phi) is 11.3. The van der Waals surface area contributed by atoms with Crippen LogP contribution in [0.25, 0.3) is 54.6 Å². The van der Waals surface area contributed by atoms with Crippen molar-refractivity contribution in [3.63, 3.8) is 0 Å². The van der Waals surface area contributed by atoms with Crippen LogP contribution in [0.15, 0.2) is 291 Å². The first kappa shape index (κ1) is 49.5. The van der Waals surface area contributed by atoms with Gasteiger partial charge in [0, 0.05) is 33.5 Å². The Hall–Kier alpha value is -10.3. The van der Waals surface area contributed by atoms with Gasteiger partial charge in [-0.1, -0.05) is 253 Å². The van der Waals surface area contributed by atoms with Crippen molar-refractivity contribution in [3.05, 3.63) is 358 Å². The first-order valence-electron chi connectivity index (χ1n) is 29.5. The summed E-state index contributed by atoms with van der Waals surface area (Å²) in [7, 11) is 0. The molecule has 14 aromatic rings. The molecule has 0 bridgehead atoms. The fourth-order valence-corrected chi connectivity index (χ4v) is 15.0. The molecule has 0 saturated heterocycles. The molecule has 0 fully saturated rings. The molecular formula is C82H60N2. The summed E-state index contributed by atoms with van der Waals surface area (Å²) in [5, 5.41) is 7.31. The molecule has 0 amide bonds. The zero-order chi connectivity index (χ0) is 56.3. The zero-order valence-corrected chi connectivity index (χ0v) is 47.6. The Bertz CT molecular complexity index is 4470. The second-order valence-electron chi connectivity index (χ2n) is 23.5. The maximum atomic E-state index is 2.49. The summed E-state index contributed by atoms with van der Waals surface area (Å²) in [6, 6.07) is 110. The number of hydrogen-bond donors (Lipinski definition) is 0. The van der Waals surface area contributed by atoms with Crippen LogP contribution in [0.1, 0.15) is 66.8 Å². The van der Waals surface area contributed by atoms with Crippen LogP contribution in [0, 0.1) is 27.7 Å². The molecule has 0 aromatic heterocycles. The molecule has 16 rings (SSSR count). The number of hydrogen-bond acceptors (Lipinski definition) is 2. The summed E-state index contributed by atoms with van der Waals surface area (Å²) in [6.45, 7) is 8.90. The number of nitrogens with zero attached hydrogens (tertiary/aromatic N) is 2. The van der Waals surface area contributed by atoms with E-state index in [1.54, 1.807) is 0 Å². The van der Waals surface area contributed by atoms with Crippen molar-refractivity contribution in [1.29, 1.82) is 0 Å². The summed E-state index contributed by atoms with van der Waals surface area (Å²) in [4.78, 5) is 4.98. The van der Waals surface area contributed by atoms with E-state index in [1.807, 2.05) is 0 Å². The minimum Gasteiger partial charge on any atom is -0.310 e. The van der Waals surface area contributed by atoms with Crippen LogP contribution in [-0.4, -0.2) is 0 Å². The van der Waals surface area contributed by atoms with Crippen molar-refractivity contribution in [2.45, 2.75) is 38.5 Å². The molecule has 84 heavy (non-hydrogen) atoms. The predicted octanol–water partition coefficient (Wildman–Crippen LogP) is 21.5. The summed E-state index contributed by atoms with van der Waals surface area (Å²) in [5.41, 5.74) is 26.0. The van der Waals surface area contributed by atoms with Crippen LogP contribution in [0.5, 0.6) is 0 Å². The van der Waals surface area contributed by atoms with Gasteiger partial charge < -0.3 is 9.80 Å². The Morgan fingerprint density at radius 1 is 0.238 bits per heavy atom. The van der Waals surface area contributed by atoms with Gasteiger partial charge in [0.15, 0.2) is 0 Å².